The second kappa shape index (κ2) is 8.15. The lowest BCUT2D eigenvalue weighted by atomic mass is 10.1. The molecule has 2 fully saturated rings. The van der Waals surface area contributed by atoms with Gasteiger partial charge in [0.05, 0.1) is 5.69 Å². The van der Waals surface area contributed by atoms with Crippen LogP contribution in [0.3, 0.4) is 0 Å². The lowest BCUT2D eigenvalue weighted by Gasteiger charge is -2.38. The van der Waals surface area contributed by atoms with E-state index in [0.29, 0.717) is 18.1 Å². The van der Waals surface area contributed by atoms with Crippen molar-refractivity contribution in [3.63, 3.8) is 0 Å². The molecule has 0 spiro atoms. The normalized spacial score (nSPS) is 26.0. The Kier molecular flexibility index (Phi) is 5.91. The molecule has 2 amide bonds. The molecule has 6 nitrogen and oxygen atoms in total. The first-order valence-corrected chi connectivity index (χ1v) is 9.41. The number of nitrogens with one attached hydrogen (secondary N) is 1. The van der Waals surface area contributed by atoms with Gasteiger partial charge in [0, 0.05) is 50.5 Å². The summed E-state index contributed by atoms with van der Waals surface area (Å²) < 4.78 is 0. The van der Waals surface area contributed by atoms with E-state index in [4.69, 9.17) is 0 Å². The number of hydrogen-bond acceptors (Lipinski definition) is 4. The summed E-state index contributed by atoms with van der Waals surface area (Å²) in [5, 5.41) is 3.24. The SMILES string of the molecule is CC(c1ccccn1)N1CCN(C(=O)NC2CCC(N(C)C)C2)CC1. The van der Waals surface area contributed by atoms with Gasteiger partial charge in [-0.05, 0) is 52.4 Å². The third kappa shape index (κ3) is 4.50. The summed E-state index contributed by atoms with van der Waals surface area (Å²) in [5.41, 5.74) is 1.10. The lowest BCUT2D eigenvalue weighted by molar-refractivity contribution is 0.111. The molecule has 3 atom stereocenters. The highest BCUT2D eigenvalue weighted by molar-refractivity contribution is 5.74. The smallest absolute Gasteiger partial charge is 0.317 e. The minimum Gasteiger partial charge on any atom is -0.335 e. The largest absolute Gasteiger partial charge is 0.335 e. The number of nitrogens with zero attached hydrogens (tertiary/aromatic N) is 4. The van der Waals surface area contributed by atoms with Gasteiger partial charge in [-0.1, -0.05) is 6.07 Å². The average Bonchev–Trinajstić information content (AvgIpc) is 3.11. The van der Waals surface area contributed by atoms with E-state index in [-0.39, 0.29) is 6.03 Å². The highest BCUT2D eigenvalue weighted by Crippen LogP contribution is 2.23. The summed E-state index contributed by atoms with van der Waals surface area (Å²) in [4.78, 5) is 23.6. The number of carbonyl (C=O) groups is 1. The molecule has 1 N–H and O–H groups in total. The van der Waals surface area contributed by atoms with Gasteiger partial charge in [0.1, 0.15) is 0 Å². The maximum Gasteiger partial charge on any atom is 0.317 e. The summed E-state index contributed by atoms with van der Waals surface area (Å²) in [6.07, 6.45) is 5.17. The molecule has 1 aromatic rings. The van der Waals surface area contributed by atoms with Crippen molar-refractivity contribution in [1.82, 2.24) is 25.0 Å². The fourth-order valence-electron chi connectivity index (χ4n) is 3.95. The maximum absolute atomic E-state index is 12.5. The van der Waals surface area contributed by atoms with Gasteiger partial charge < -0.3 is 15.1 Å². The zero-order valence-corrected chi connectivity index (χ0v) is 15.7. The minimum absolute atomic E-state index is 0.106. The number of urea groups is 1. The van der Waals surface area contributed by atoms with Gasteiger partial charge >= 0.3 is 6.03 Å². The van der Waals surface area contributed by atoms with Crippen LogP contribution in [0.4, 0.5) is 4.79 Å². The molecule has 0 bridgehead atoms. The molecule has 6 heteroatoms. The highest BCUT2D eigenvalue weighted by Gasteiger charge is 2.30. The predicted molar refractivity (Wildman–Crippen MR) is 99.4 cm³/mol. The molecule has 3 unspecified atom stereocenters. The topological polar surface area (TPSA) is 51.7 Å². The van der Waals surface area contributed by atoms with Crippen molar-refractivity contribution in [3.8, 4) is 0 Å². The Bertz CT molecular complexity index is 556. The van der Waals surface area contributed by atoms with Crippen LogP contribution in [0.1, 0.15) is 37.9 Å². The van der Waals surface area contributed by atoms with Crippen LogP contribution < -0.4 is 5.32 Å². The first-order chi connectivity index (χ1) is 12.0. The van der Waals surface area contributed by atoms with E-state index in [1.54, 1.807) is 0 Å². The molecule has 138 valence electrons. The minimum atomic E-state index is 0.106. The van der Waals surface area contributed by atoms with Crippen LogP contribution in [0.15, 0.2) is 24.4 Å². The second-order valence-electron chi connectivity index (χ2n) is 7.53. The van der Waals surface area contributed by atoms with E-state index in [2.05, 4.69) is 47.2 Å². The van der Waals surface area contributed by atoms with E-state index in [0.717, 1.165) is 44.7 Å². The quantitative estimate of drug-likeness (QED) is 0.906. The molecule has 1 aromatic heterocycles. The molecule has 2 heterocycles. The molecule has 25 heavy (non-hydrogen) atoms. The Morgan fingerprint density at radius 1 is 1.24 bits per heavy atom. The number of aromatic nitrogens is 1. The van der Waals surface area contributed by atoms with Gasteiger partial charge in [-0.25, -0.2) is 4.79 Å². The summed E-state index contributed by atoms with van der Waals surface area (Å²) in [6, 6.07) is 7.38. The monoisotopic (exact) mass is 345 g/mol. The molecule has 1 aliphatic carbocycles. The van der Waals surface area contributed by atoms with Crippen molar-refractivity contribution >= 4 is 6.03 Å². The van der Waals surface area contributed by atoms with Crippen LogP contribution in [0.5, 0.6) is 0 Å². The fourth-order valence-corrected chi connectivity index (χ4v) is 3.95. The second-order valence-corrected chi connectivity index (χ2v) is 7.53. The summed E-state index contributed by atoms with van der Waals surface area (Å²) in [7, 11) is 4.24. The summed E-state index contributed by atoms with van der Waals surface area (Å²) in [6.45, 7) is 5.56. The van der Waals surface area contributed by atoms with E-state index >= 15 is 0 Å². The van der Waals surface area contributed by atoms with E-state index < -0.39 is 0 Å². The Morgan fingerprint density at radius 3 is 2.60 bits per heavy atom. The molecular weight excluding hydrogens is 314 g/mol. The maximum atomic E-state index is 12.5. The Hall–Kier alpha value is -1.66. The Balaban J connectivity index is 1.45. The van der Waals surface area contributed by atoms with Gasteiger partial charge in [0.2, 0.25) is 0 Å². The van der Waals surface area contributed by atoms with Crippen molar-refractivity contribution in [2.24, 2.45) is 0 Å². The number of carbonyl (C=O) groups excluding carboxylic acids is 1. The van der Waals surface area contributed by atoms with Crippen LogP contribution in [0, 0.1) is 0 Å². The van der Waals surface area contributed by atoms with Crippen LogP contribution in [0.2, 0.25) is 0 Å². The molecule has 0 radical (unpaired) electrons. The molecule has 1 aliphatic heterocycles. The zero-order chi connectivity index (χ0) is 17.8. The Morgan fingerprint density at radius 2 is 2.00 bits per heavy atom. The van der Waals surface area contributed by atoms with Gasteiger partial charge in [-0.2, -0.15) is 0 Å². The van der Waals surface area contributed by atoms with Gasteiger partial charge in [-0.3, -0.25) is 9.88 Å². The molecule has 0 aromatic carbocycles. The molecule has 2 aliphatic rings. The van der Waals surface area contributed by atoms with E-state index in [1.807, 2.05) is 23.2 Å². The standard InChI is InChI=1S/C19H31N5O/c1-15(18-6-4-5-9-20-18)23-10-12-24(13-11-23)19(25)21-16-7-8-17(14-16)22(2)3/h4-6,9,15-17H,7-8,10-14H2,1-3H3,(H,21,25). The van der Waals surface area contributed by atoms with Gasteiger partial charge in [0.15, 0.2) is 0 Å². The van der Waals surface area contributed by atoms with Gasteiger partial charge in [-0.15, -0.1) is 0 Å². The average molecular weight is 345 g/mol. The fraction of sp³-hybridized carbons (Fsp3) is 0.684. The first kappa shape index (κ1) is 18.1. The Labute approximate surface area is 151 Å². The number of piperazine rings is 1. The third-order valence-corrected chi connectivity index (χ3v) is 5.73. The van der Waals surface area contributed by atoms with Crippen LogP contribution in [-0.4, -0.2) is 78.1 Å². The van der Waals surface area contributed by atoms with Crippen molar-refractivity contribution in [3.05, 3.63) is 30.1 Å². The number of rotatable bonds is 4. The zero-order valence-electron chi connectivity index (χ0n) is 15.7. The molecule has 1 saturated carbocycles. The van der Waals surface area contributed by atoms with Crippen LogP contribution in [0.25, 0.3) is 0 Å². The van der Waals surface area contributed by atoms with Crippen molar-refractivity contribution < 1.29 is 4.79 Å². The molecule has 1 saturated heterocycles. The highest BCUT2D eigenvalue weighted by atomic mass is 16.2. The van der Waals surface area contributed by atoms with Crippen molar-refractivity contribution in [2.45, 2.75) is 44.3 Å². The predicted octanol–water partition coefficient (Wildman–Crippen LogP) is 1.95. The first-order valence-electron chi connectivity index (χ1n) is 9.41. The third-order valence-electron chi connectivity index (χ3n) is 5.73. The molecular formula is C19H31N5O. The summed E-state index contributed by atoms with van der Waals surface area (Å²) >= 11 is 0. The van der Waals surface area contributed by atoms with Crippen molar-refractivity contribution in [2.75, 3.05) is 40.3 Å². The van der Waals surface area contributed by atoms with Crippen LogP contribution in [-0.2, 0) is 0 Å². The number of hydrogen-bond donors (Lipinski definition) is 1. The van der Waals surface area contributed by atoms with Crippen LogP contribution >= 0.6 is 0 Å². The summed E-state index contributed by atoms with van der Waals surface area (Å²) in [5.74, 6) is 0. The van der Waals surface area contributed by atoms with E-state index in [1.165, 1.54) is 6.42 Å². The molecule has 3 rings (SSSR count). The number of amides is 2. The van der Waals surface area contributed by atoms with Crippen molar-refractivity contribution in [1.29, 1.82) is 0 Å². The van der Waals surface area contributed by atoms with E-state index in [9.17, 15) is 4.79 Å². The lowest BCUT2D eigenvalue weighted by Crippen LogP contribution is -2.53. The van der Waals surface area contributed by atoms with Gasteiger partial charge in [0.25, 0.3) is 0 Å². The number of pyridine rings is 1.